The zero-order chi connectivity index (χ0) is 14.0. The number of hydrogen-bond acceptors (Lipinski definition) is 4. The van der Waals surface area contributed by atoms with Crippen molar-refractivity contribution in [2.45, 2.75) is 6.92 Å². The van der Waals surface area contributed by atoms with Gasteiger partial charge in [-0.05, 0) is 41.1 Å². The summed E-state index contributed by atoms with van der Waals surface area (Å²) < 4.78 is 11.5. The molecule has 0 aliphatic carbocycles. The number of thiophene rings is 1. The topological polar surface area (TPSA) is 35.5 Å². The Bertz CT molecular complexity index is 597. The highest BCUT2D eigenvalue weighted by Gasteiger charge is 2.22. The van der Waals surface area contributed by atoms with Crippen LogP contribution in [0.4, 0.5) is 0 Å². The summed E-state index contributed by atoms with van der Waals surface area (Å²) in [6.45, 7) is 1.92. The summed E-state index contributed by atoms with van der Waals surface area (Å²) in [6.07, 6.45) is 0. The molecule has 100 valence electrons. The zero-order valence-corrected chi connectivity index (χ0v) is 13.2. The third-order valence-electron chi connectivity index (χ3n) is 2.79. The fourth-order valence-electron chi connectivity index (χ4n) is 1.88. The van der Waals surface area contributed by atoms with Crippen LogP contribution in [0.1, 0.15) is 20.8 Å². The molecule has 0 bridgehead atoms. The number of halogens is 1. The quantitative estimate of drug-likeness (QED) is 0.787. The van der Waals surface area contributed by atoms with Gasteiger partial charge in [0.2, 0.25) is 5.78 Å². The first-order valence-electron chi connectivity index (χ1n) is 5.60. The Kier molecular flexibility index (Phi) is 4.27. The molecule has 1 heterocycles. The van der Waals surface area contributed by atoms with Gasteiger partial charge in [0.25, 0.3) is 0 Å². The van der Waals surface area contributed by atoms with Crippen LogP contribution in [0.2, 0.25) is 0 Å². The molecule has 0 saturated heterocycles. The van der Waals surface area contributed by atoms with Gasteiger partial charge in [0.15, 0.2) is 0 Å². The fraction of sp³-hybridized carbons (Fsp3) is 0.214. The van der Waals surface area contributed by atoms with Gasteiger partial charge in [-0.25, -0.2) is 0 Å². The summed E-state index contributed by atoms with van der Waals surface area (Å²) in [4.78, 5) is 13.6. The smallest absolute Gasteiger partial charge is 0.201 e. The van der Waals surface area contributed by atoms with Gasteiger partial charge >= 0.3 is 0 Å². The van der Waals surface area contributed by atoms with Gasteiger partial charge in [0, 0.05) is 10.4 Å². The normalized spacial score (nSPS) is 10.3. The lowest BCUT2D eigenvalue weighted by Crippen LogP contribution is -2.06. The van der Waals surface area contributed by atoms with Crippen molar-refractivity contribution >= 4 is 33.0 Å². The number of ether oxygens (including phenoxy) is 2. The minimum absolute atomic E-state index is 0.0891. The number of methoxy groups -OCH3 is 2. The van der Waals surface area contributed by atoms with E-state index in [9.17, 15) is 4.79 Å². The highest BCUT2D eigenvalue weighted by molar-refractivity contribution is 9.11. The molecule has 19 heavy (non-hydrogen) atoms. The maximum Gasteiger partial charge on any atom is 0.201 e. The molecule has 0 spiro atoms. The number of ketones is 1. The van der Waals surface area contributed by atoms with Crippen molar-refractivity contribution < 1.29 is 14.3 Å². The van der Waals surface area contributed by atoms with E-state index in [1.807, 2.05) is 13.0 Å². The third kappa shape index (κ3) is 2.67. The largest absolute Gasteiger partial charge is 0.496 e. The molecule has 2 aromatic rings. The van der Waals surface area contributed by atoms with E-state index in [0.29, 0.717) is 22.6 Å². The molecule has 1 aromatic carbocycles. The Morgan fingerprint density at radius 1 is 1.21 bits per heavy atom. The maximum absolute atomic E-state index is 12.7. The average molecular weight is 341 g/mol. The van der Waals surface area contributed by atoms with Crippen LogP contribution in [0.5, 0.6) is 11.5 Å². The van der Waals surface area contributed by atoms with E-state index in [1.54, 1.807) is 32.4 Å². The highest BCUT2D eigenvalue weighted by atomic mass is 79.9. The van der Waals surface area contributed by atoms with Crippen molar-refractivity contribution in [1.82, 2.24) is 0 Å². The monoisotopic (exact) mass is 340 g/mol. The van der Waals surface area contributed by atoms with E-state index in [4.69, 9.17) is 9.47 Å². The first kappa shape index (κ1) is 14.1. The van der Waals surface area contributed by atoms with Gasteiger partial charge in [-0.15, -0.1) is 11.3 Å². The zero-order valence-electron chi connectivity index (χ0n) is 10.8. The van der Waals surface area contributed by atoms with E-state index in [1.165, 1.54) is 11.3 Å². The number of carbonyl (C=O) groups is 1. The summed E-state index contributed by atoms with van der Waals surface area (Å²) in [5.41, 5.74) is 1.13. The van der Waals surface area contributed by atoms with E-state index < -0.39 is 0 Å². The molecule has 0 atom stereocenters. The molecule has 0 aliphatic rings. The summed E-state index contributed by atoms with van der Waals surface area (Å²) in [5, 5.41) is 0. The van der Waals surface area contributed by atoms with Gasteiger partial charge in [-0.2, -0.15) is 0 Å². The summed E-state index contributed by atoms with van der Waals surface area (Å²) >= 11 is 4.93. The van der Waals surface area contributed by atoms with Crippen molar-refractivity contribution in [3.63, 3.8) is 0 Å². The van der Waals surface area contributed by atoms with Crippen LogP contribution >= 0.6 is 27.3 Å². The molecule has 1 aromatic heterocycles. The first-order valence-corrected chi connectivity index (χ1v) is 7.21. The minimum atomic E-state index is -0.0891. The second-order valence-electron chi connectivity index (χ2n) is 3.89. The lowest BCUT2D eigenvalue weighted by Gasteiger charge is -2.11. The molecule has 0 amide bonds. The first-order chi connectivity index (χ1) is 9.08. The second kappa shape index (κ2) is 5.75. The van der Waals surface area contributed by atoms with Crippen molar-refractivity contribution in [1.29, 1.82) is 0 Å². The van der Waals surface area contributed by atoms with Gasteiger partial charge < -0.3 is 9.47 Å². The van der Waals surface area contributed by atoms with Crippen molar-refractivity contribution in [3.8, 4) is 11.5 Å². The van der Waals surface area contributed by atoms with E-state index in [0.717, 1.165) is 8.66 Å². The van der Waals surface area contributed by atoms with Gasteiger partial charge in [-0.3, -0.25) is 4.79 Å². The minimum Gasteiger partial charge on any atom is -0.496 e. The van der Waals surface area contributed by atoms with Gasteiger partial charge in [-0.1, -0.05) is 6.07 Å². The number of carbonyl (C=O) groups excluding carboxylic acids is 1. The molecule has 5 heteroatoms. The number of benzene rings is 1. The molecule has 0 N–H and O–H groups in total. The van der Waals surface area contributed by atoms with Crippen LogP contribution in [0, 0.1) is 6.92 Å². The van der Waals surface area contributed by atoms with E-state index in [2.05, 4.69) is 15.9 Å². The third-order valence-corrected chi connectivity index (χ3v) is 4.34. The molecular weight excluding hydrogens is 328 g/mol. The van der Waals surface area contributed by atoms with E-state index >= 15 is 0 Å². The molecule has 0 unspecified atom stereocenters. The molecule has 3 nitrogen and oxygen atoms in total. The molecule has 0 aliphatic heterocycles. The Hall–Kier alpha value is -1.33. The van der Waals surface area contributed by atoms with Crippen LogP contribution in [0.15, 0.2) is 28.1 Å². The van der Waals surface area contributed by atoms with Crippen LogP contribution in [-0.4, -0.2) is 20.0 Å². The Morgan fingerprint density at radius 2 is 1.79 bits per heavy atom. The molecule has 0 saturated carbocycles. The van der Waals surface area contributed by atoms with Gasteiger partial charge in [0.05, 0.1) is 18.0 Å². The van der Waals surface area contributed by atoms with Crippen molar-refractivity contribution in [2.24, 2.45) is 0 Å². The average Bonchev–Trinajstić information content (AvgIpc) is 2.75. The summed E-state index contributed by atoms with van der Waals surface area (Å²) in [5.74, 6) is 0.950. The van der Waals surface area contributed by atoms with Crippen LogP contribution < -0.4 is 9.47 Å². The Labute approximate surface area is 124 Å². The van der Waals surface area contributed by atoms with Crippen LogP contribution in [0.25, 0.3) is 0 Å². The van der Waals surface area contributed by atoms with Gasteiger partial charge in [0.1, 0.15) is 17.1 Å². The van der Waals surface area contributed by atoms with Crippen LogP contribution in [0.3, 0.4) is 0 Å². The second-order valence-corrected chi connectivity index (χ2v) is 6.52. The standard InChI is InChI=1S/C14H13BrO3S/c1-8-9(7-12(15)19-8)14(16)13-10(17-2)5-4-6-11(13)18-3/h4-7H,1-3H3. The van der Waals surface area contributed by atoms with E-state index in [-0.39, 0.29) is 5.78 Å². The molecule has 2 rings (SSSR count). The number of hydrogen-bond donors (Lipinski definition) is 0. The highest BCUT2D eigenvalue weighted by Crippen LogP contribution is 2.34. The Morgan fingerprint density at radius 3 is 2.21 bits per heavy atom. The fourth-order valence-corrected chi connectivity index (χ4v) is 3.57. The van der Waals surface area contributed by atoms with Crippen LogP contribution in [-0.2, 0) is 0 Å². The molecule has 0 fully saturated rings. The van der Waals surface area contributed by atoms with Crippen molar-refractivity contribution in [3.05, 3.63) is 44.1 Å². The van der Waals surface area contributed by atoms with Crippen molar-refractivity contribution in [2.75, 3.05) is 14.2 Å². The summed E-state index contributed by atoms with van der Waals surface area (Å²) in [7, 11) is 3.09. The number of rotatable bonds is 4. The molecular formula is C14H13BrO3S. The summed E-state index contributed by atoms with van der Waals surface area (Å²) in [6, 6.07) is 7.14. The predicted octanol–water partition coefficient (Wildman–Crippen LogP) is 4.07. The maximum atomic E-state index is 12.7. The predicted molar refractivity (Wildman–Crippen MR) is 79.7 cm³/mol. The lowest BCUT2D eigenvalue weighted by atomic mass is 10.0. The number of aryl methyl sites for hydroxylation is 1. The molecule has 0 radical (unpaired) electrons. The SMILES string of the molecule is COc1cccc(OC)c1C(=O)c1cc(Br)sc1C. The lowest BCUT2D eigenvalue weighted by molar-refractivity contribution is 0.103. The Balaban J connectivity index is 2.58.